The van der Waals surface area contributed by atoms with Crippen LogP contribution in [0.25, 0.3) is 0 Å². The first kappa shape index (κ1) is 15.4. The summed E-state index contributed by atoms with van der Waals surface area (Å²) in [4.78, 5) is 15.1. The van der Waals surface area contributed by atoms with Crippen molar-refractivity contribution >= 4 is 23.2 Å². The first-order chi connectivity index (χ1) is 10.6. The minimum Gasteiger partial charge on any atom is -0.496 e. The minimum absolute atomic E-state index is 0.136. The van der Waals surface area contributed by atoms with Crippen LogP contribution < -0.4 is 15.8 Å². The predicted octanol–water partition coefficient (Wildman–Crippen LogP) is 2.14. The maximum atomic E-state index is 12.6. The lowest BCUT2D eigenvalue weighted by Crippen LogP contribution is -2.53. The van der Waals surface area contributed by atoms with Crippen LogP contribution in [0.2, 0.25) is 5.02 Å². The number of amides is 1. The number of carbonyl (C=O) groups is 1. The number of nitrogen functional groups attached to an aromatic ring is 1. The molecule has 0 aliphatic carbocycles. The number of carbonyl (C=O) groups excluding carboxylic acids is 1. The molecule has 3 atom stereocenters. The Hall–Kier alpha value is -1.46. The van der Waals surface area contributed by atoms with Crippen LogP contribution in [0.15, 0.2) is 12.1 Å². The van der Waals surface area contributed by atoms with Gasteiger partial charge in [-0.15, -0.1) is 0 Å². The van der Waals surface area contributed by atoms with Crippen LogP contribution in [0.1, 0.15) is 29.6 Å². The fourth-order valence-corrected chi connectivity index (χ4v) is 3.70. The summed E-state index contributed by atoms with van der Waals surface area (Å²) in [5, 5.41) is 3.54. The summed E-state index contributed by atoms with van der Waals surface area (Å²) in [6.07, 6.45) is 3.40. The Morgan fingerprint density at radius 1 is 1.41 bits per heavy atom. The third-order valence-electron chi connectivity index (χ3n) is 4.75. The number of hydrogen-bond acceptors (Lipinski definition) is 4. The molecule has 2 bridgehead atoms. The van der Waals surface area contributed by atoms with E-state index in [1.165, 1.54) is 26.5 Å². The van der Waals surface area contributed by atoms with Crippen molar-refractivity contribution in [3.63, 3.8) is 0 Å². The predicted molar refractivity (Wildman–Crippen MR) is 87.5 cm³/mol. The van der Waals surface area contributed by atoms with E-state index in [-0.39, 0.29) is 11.9 Å². The molecule has 22 heavy (non-hydrogen) atoms. The molecule has 5 nitrogen and oxygen atoms in total. The number of rotatable bonds is 3. The van der Waals surface area contributed by atoms with E-state index in [9.17, 15) is 4.79 Å². The van der Waals surface area contributed by atoms with Crippen molar-refractivity contribution in [2.24, 2.45) is 5.92 Å². The van der Waals surface area contributed by atoms with Crippen LogP contribution in [0.5, 0.6) is 5.75 Å². The highest BCUT2D eigenvalue weighted by molar-refractivity contribution is 6.33. The average Bonchev–Trinajstić information content (AvgIpc) is 2.52. The molecule has 0 aromatic heterocycles. The molecule has 2 fully saturated rings. The van der Waals surface area contributed by atoms with E-state index >= 15 is 0 Å². The smallest absolute Gasteiger partial charge is 0.255 e. The van der Waals surface area contributed by atoms with Crippen LogP contribution in [0, 0.1) is 5.92 Å². The van der Waals surface area contributed by atoms with Gasteiger partial charge in [-0.1, -0.05) is 11.6 Å². The summed E-state index contributed by atoms with van der Waals surface area (Å²) < 4.78 is 5.27. The number of fused-ring (bicyclic) bond motifs is 2. The minimum atomic E-state index is -0.136. The molecular weight excluding hydrogens is 302 g/mol. The van der Waals surface area contributed by atoms with Gasteiger partial charge in [-0.05, 0) is 37.8 Å². The molecule has 1 unspecified atom stereocenters. The number of ether oxygens (including phenoxy) is 1. The number of benzene rings is 1. The summed E-state index contributed by atoms with van der Waals surface area (Å²) >= 11 is 6.05. The number of nitrogens with two attached hydrogens (primary N) is 1. The third kappa shape index (κ3) is 3.01. The molecule has 2 saturated heterocycles. The van der Waals surface area contributed by atoms with Gasteiger partial charge in [-0.3, -0.25) is 4.79 Å². The number of methoxy groups -OCH3 is 1. The van der Waals surface area contributed by atoms with E-state index < -0.39 is 0 Å². The normalized spacial score (nSPS) is 27.3. The van der Waals surface area contributed by atoms with E-state index in [0.717, 1.165) is 19.5 Å². The average molecular weight is 324 g/mol. The van der Waals surface area contributed by atoms with Gasteiger partial charge in [0.05, 0.1) is 23.4 Å². The molecule has 120 valence electrons. The van der Waals surface area contributed by atoms with Crippen LogP contribution in [0.3, 0.4) is 0 Å². The largest absolute Gasteiger partial charge is 0.496 e. The summed E-state index contributed by atoms with van der Waals surface area (Å²) in [5.41, 5.74) is 6.62. The summed E-state index contributed by atoms with van der Waals surface area (Å²) in [6, 6.07) is 3.41. The zero-order valence-electron chi connectivity index (χ0n) is 12.8. The van der Waals surface area contributed by atoms with E-state index in [0.29, 0.717) is 27.9 Å². The van der Waals surface area contributed by atoms with Crippen molar-refractivity contribution in [2.45, 2.75) is 25.3 Å². The molecule has 6 heteroatoms. The van der Waals surface area contributed by atoms with Gasteiger partial charge in [-0.25, -0.2) is 0 Å². The Kier molecular flexibility index (Phi) is 4.45. The first-order valence-corrected chi connectivity index (χ1v) is 8.12. The SMILES string of the molecule is COc1cc(N)c(Cl)cc1C(=O)N[C@H]1CCN2CCC[C@H]1C2. The summed E-state index contributed by atoms with van der Waals surface area (Å²) in [5.74, 6) is 0.866. The molecule has 0 spiro atoms. The van der Waals surface area contributed by atoms with Gasteiger partial charge < -0.3 is 20.7 Å². The highest BCUT2D eigenvalue weighted by Crippen LogP contribution is 2.30. The molecule has 1 aromatic carbocycles. The van der Waals surface area contributed by atoms with E-state index in [1.54, 1.807) is 12.1 Å². The van der Waals surface area contributed by atoms with Crippen molar-refractivity contribution < 1.29 is 9.53 Å². The maximum Gasteiger partial charge on any atom is 0.255 e. The number of piperidine rings is 2. The van der Waals surface area contributed by atoms with Gasteiger partial charge in [0.2, 0.25) is 0 Å². The molecule has 3 N–H and O–H groups in total. The van der Waals surface area contributed by atoms with Crippen molar-refractivity contribution in [1.29, 1.82) is 0 Å². The van der Waals surface area contributed by atoms with Gasteiger partial charge in [0.25, 0.3) is 5.91 Å². The Morgan fingerprint density at radius 3 is 3.00 bits per heavy atom. The number of nitrogens with zero attached hydrogens (tertiary/aromatic N) is 1. The lowest BCUT2D eigenvalue weighted by molar-refractivity contribution is 0.0737. The second-order valence-electron chi connectivity index (χ2n) is 6.15. The number of halogens is 1. The monoisotopic (exact) mass is 323 g/mol. The van der Waals surface area contributed by atoms with Gasteiger partial charge in [0, 0.05) is 25.2 Å². The van der Waals surface area contributed by atoms with Gasteiger partial charge in [0.15, 0.2) is 0 Å². The summed E-state index contributed by atoms with van der Waals surface area (Å²) in [6.45, 7) is 3.34. The Labute approximate surface area is 135 Å². The van der Waals surface area contributed by atoms with Gasteiger partial charge in [0.1, 0.15) is 5.75 Å². The molecule has 3 rings (SSSR count). The maximum absolute atomic E-state index is 12.6. The third-order valence-corrected chi connectivity index (χ3v) is 5.07. The summed E-state index contributed by atoms with van der Waals surface area (Å²) in [7, 11) is 1.53. The molecule has 2 aliphatic rings. The van der Waals surface area contributed by atoms with Crippen LogP contribution in [-0.2, 0) is 0 Å². The number of hydrogen-bond donors (Lipinski definition) is 2. The van der Waals surface area contributed by atoms with Crippen LogP contribution in [-0.4, -0.2) is 43.6 Å². The van der Waals surface area contributed by atoms with E-state index in [1.807, 2.05) is 0 Å². The standard InChI is InChI=1S/C16H22ClN3O2/c1-22-15-8-13(18)12(17)7-11(15)16(21)19-14-4-6-20-5-2-3-10(14)9-20/h7-8,10,14H,2-6,9,18H2,1H3,(H,19,21)/t10-,14-/m0/s1. The fourth-order valence-electron chi connectivity index (χ4n) is 3.53. The van der Waals surface area contributed by atoms with Crippen molar-refractivity contribution in [1.82, 2.24) is 10.2 Å². The van der Waals surface area contributed by atoms with Crippen LogP contribution >= 0.6 is 11.6 Å². The number of nitrogens with one attached hydrogen (secondary N) is 1. The van der Waals surface area contributed by atoms with Gasteiger partial charge >= 0.3 is 0 Å². The number of anilines is 1. The fraction of sp³-hybridized carbons (Fsp3) is 0.562. The molecule has 0 saturated carbocycles. The second kappa shape index (κ2) is 6.34. The quantitative estimate of drug-likeness (QED) is 0.836. The highest BCUT2D eigenvalue weighted by Gasteiger charge is 2.33. The van der Waals surface area contributed by atoms with E-state index in [2.05, 4.69) is 10.2 Å². The van der Waals surface area contributed by atoms with Crippen molar-refractivity contribution in [3.8, 4) is 5.75 Å². The molecule has 2 aliphatic heterocycles. The lowest BCUT2D eigenvalue weighted by Gasteiger charge is -2.42. The molecule has 1 aromatic rings. The molecule has 1 amide bonds. The first-order valence-electron chi connectivity index (χ1n) is 7.74. The molecule has 0 radical (unpaired) electrons. The van der Waals surface area contributed by atoms with Crippen molar-refractivity contribution in [2.75, 3.05) is 32.5 Å². The second-order valence-corrected chi connectivity index (χ2v) is 6.55. The molecular formula is C16H22ClN3O2. The zero-order chi connectivity index (χ0) is 15.7. The topological polar surface area (TPSA) is 67.6 Å². The molecule has 2 heterocycles. The van der Waals surface area contributed by atoms with Crippen molar-refractivity contribution in [3.05, 3.63) is 22.7 Å². The van der Waals surface area contributed by atoms with Crippen LogP contribution in [0.4, 0.5) is 5.69 Å². The lowest BCUT2D eigenvalue weighted by atomic mass is 9.85. The highest BCUT2D eigenvalue weighted by atomic mass is 35.5. The Balaban J connectivity index is 1.75. The zero-order valence-corrected chi connectivity index (χ0v) is 13.5. The van der Waals surface area contributed by atoms with Gasteiger partial charge in [-0.2, -0.15) is 0 Å². The Morgan fingerprint density at radius 2 is 2.23 bits per heavy atom. The van der Waals surface area contributed by atoms with E-state index in [4.69, 9.17) is 22.1 Å². The Bertz CT molecular complexity index is 579.